The molecule has 0 bridgehead atoms. The Morgan fingerprint density at radius 1 is 1.38 bits per heavy atom. The van der Waals surface area contributed by atoms with Crippen LogP contribution in [0, 0.1) is 0 Å². The van der Waals surface area contributed by atoms with Crippen molar-refractivity contribution in [2.75, 3.05) is 0 Å². The lowest BCUT2D eigenvalue weighted by Gasteiger charge is -2.09. The minimum absolute atomic E-state index is 0.0252. The first kappa shape index (κ1) is 16.3. The Balaban J connectivity index is 2.15. The molecule has 2 aromatic rings. The number of aromatic nitrogens is 2. The van der Waals surface area contributed by atoms with E-state index in [-0.39, 0.29) is 4.90 Å². The highest BCUT2D eigenvalue weighted by Crippen LogP contribution is 2.29. The number of hydrogen-bond acceptors (Lipinski definition) is 4. The Bertz CT molecular complexity index is 759. The molecule has 0 saturated carbocycles. The molecule has 114 valence electrons. The number of rotatable bonds is 5. The molecule has 0 atom stereocenters. The van der Waals surface area contributed by atoms with Crippen LogP contribution >= 0.6 is 26.6 Å². The molecule has 0 amide bonds. The average molecular weight is 394 g/mol. The van der Waals surface area contributed by atoms with Gasteiger partial charge in [0.2, 0.25) is 0 Å². The molecule has 0 aliphatic carbocycles. The number of ether oxygens (including phenoxy) is 1. The van der Waals surface area contributed by atoms with E-state index in [1.165, 1.54) is 12.1 Å². The summed E-state index contributed by atoms with van der Waals surface area (Å²) in [6.45, 7) is 2.38. The molecule has 0 N–H and O–H groups in total. The van der Waals surface area contributed by atoms with E-state index in [1.807, 2.05) is 20.0 Å². The van der Waals surface area contributed by atoms with Gasteiger partial charge in [-0.2, -0.15) is 5.10 Å². The zero-order valence-corrected chi connectivity index (χ0v) is 14.7. The second-order valence-electron chi connectivity index (χ2n) is 4.42. The normalized spacial score (nSPS) is 11.6. The van der Waals surface area contributed by atoms with Crippen molar-refractivity contribution in [1.29, 1.82) is 0 Å². The highest BCUT2D eigenvalue weighted by Gasteiger charge is 2.13. The molecule has 0 spiro atoms. The van der Waals surface area contributed by atoms with Gasteiger partial charge in [0.25, 0.3) is 9.05 Å². The fraction of sp³-hybridized carbons (Fsp3) is 0.308. The predicted molar refractivity (Wildman–Crippen MR) is 84.1 cm³/mol. The molecule has 5 nitrogen and oxygen atoms in total. The van der Waals surface area contributed by atoms with Crippen LogP contribution in [0.25, 0.3) is 0 Å². The van der Waals surface area contributed by atoms with Gasteiger partial charge in [-0.3, -0.25) is 4.68 Å². The fourth-order valence-corrected chi connectivity index (χ4v) is 3.20. The third kappa shape index (κ3) is 3.99. The molecule has 21 heavy (non-hydrogen) atoms. The fourth-order valence-electron chi connectivity index (χ4n) is 1.78. The van der Waals surface area contributed by atoms with E-state index in [0.29, 0.717) is 16.8 Å². The van der Waals surface area contributed by atoms with E-state index >= 15 is 0 Å². The number of halogens is 2. The van der Waals surface area contributed by atoms with Crippen LogP contribution in [0.15, 0.2) is 33.6 Å². The van der Waals surface area contributed by atoms with Crippen LogP contribution in [0.5, 0.6) is 5.75 Å². The summed E-state index contributed by atoms with van der Waals surface area (Å²) in [6.07, 6.45) is 0.861. The summed E-state index contributed by atoms with van der Waals surface area (Å²) in [5.41, 5.74) is 1.94. The zero-order valence-electron chi connectivity index (χ0n) is 11.5. The lowest BCUT2D eigenvalue weighted by Crippen LogP contribution is -2.03. The summed E-state index contributed by atoms with van der Waals surface area (Å²) in [7, 11) is 3.41. The second-order valence-corrected chi connectivity index (χ2v) is 7.84. The molecule has 0 saturated heterocycles. The molecule has 2 rings (SSSR count). The number of benzene rings is 1. The Morgan fingerprint density at radius 2 is 2.10 bits per heavy atom. The Labute approximate surface area is 136 Å². The molecular formula is C13H14BrClN2O3S. The highest BCUT2D eigenvalue weighted by atomic mass is 79.9. The van der Waals surface area contributed by atoms with Gasteiger partial charge in [-0.25, -0.2) is 8.42 Å². The van der Waals surface area contributed by atoms with Gasteiger partial charge in [0.05, 0.1) is 20.8 Å². The van der Waals surface area contributed by atoms with Gasteiger partial charge in [-0.15, -0.1) is 0 Å². The summed E-state index contributed by atoms with van der Waals surface area (Å²) in [4.78, 5) is 0.0252. The lowest BCUT2D eigenvalue weighted by atomic mass is 10.3. The first-order chi connectivity index (χ1) is 9.81. The second kappa shape index (κ2) is 6.37. The maximum absolute atomic E-state index is 11.2. The van der Waals surface area contributed by atoms with Crippen molar-refractivity contribution in [3.63, 3.8) is 0 Å². The van der Waals surface area contributed by atoms with Crippen LogP contribution in [-0.2, 0) is 29.1 Å². The van der Waals surface area contributed by atoms with Crippen molar-refractivity contribution in [3.05, 3.63) is 40.1 Å². The van der Waals surface area contributed by atoms with E-state index in [9.17, 15) is 8.42 Å². The molecule has 0 aliphatic rings. The summed E-state index contributed by atoms with van der Waals surface area (Å²) >= 11 is 3.28. The van der Waals surface area contributed by atoms with Crippen molar-refractivity contribution in [2.24, 2.45) is 7.05 Å². The average Bonchev–Trinajstić information content (AvgIpc) is 2.77. The van der Waals surface area contributed by atoms with Crippen LogP contribution in [0.2, 0.25) is 0 Å². The number of hydrogen-bond donors (Lipinski definition) is 0. The minimum atomic E-state index is -3.74. The third-order valence-corrected chi connectivity index (χ3v) is 4.92. The zero-order chi connectivity index (χ0) is 15.6. The van der Waals surface area contributed by atoms with Crippen molar-refractivity contribution in [2.45, 2.75) is 24.8 Å². The quantitative estimate of drug-likeness (QED) is 0.732. The van der Waals surface area contributed by atoms with Gasteiger partial charge in [0, 0.05) is 17.7 Å². The van der Waals surface area contributed by atoms with Crippen molar-refractivity contribution in [1.82, 2.24) is 9.78 Å². The van der Waals surface area contributed by atoms with E-state index in [2.05, 4.69) is 21.0 Å². The molecule has 0 unspecified atom stereocenters. The van der Waals surface area contributed by atoms with Gasteiger partial charge in [-0.05, 0) is 46.6 Å². The van der Waals surface area contributed by atoms with Crippen LogP contribution in [-0.4, -0.2) is 18.2 Å². The lowest BCUT2D eigenvalue weighted by molar-refractivity contribution is 0.293. The van der Waals surface area contributed by atoms with E-state index < -0.39 is 9.05 Å². The maximum atomic E-state index is 11.2. The van der Waals surface area contributed by atoms with Crippen LogP contribution in [0.1, 0.15) is 18.3 Å². The Kier molecular flexibility index (Phi) is 4.95. The Morgan fingerprint density at radius 3 is 2.62 bits per heavy atom. The third-order valence-electron chi connectivity index (χ3n) is 2.95. The number of aryl methyl sites for hydroxylation is 2. The standard InChI is InChI=1S/C13H14BrClN2O3S/c1-3-9-6-10(17(2)16-9)8-20-13-5-4-11(7-12(13)14)21(15,18)19/h4-7H,3,8H2,1-2H3. The summed E-state index contributed by atoms with van der Waals surface area (Å²) in [5.74, 6) is 0.540. The Hall–Kier alpha value is -1.05. The van der Waals surface area contributed by atoms with Gasteiger partial charge in [-0.1, -0.05) is 6.92 Å². The van der Waals surface area contributed by atoms with Gasteiger partial charge in [0.1, 0.15) is 12.4 Å². The first-order valence-corrected chi connectivity index (χ1v) is 9.30. The molecule has 1 aromatic heterocycles. The minimum Gasteiger partial charge on any atom is -0.486 e. The van der Waals surface area contributed by atoms with Crippen molar-refractivity contribution >= 4 is 35.7 Å². The van der Waals surface area contributed by atoms with Crippen LogP contribution in [0.3, 0.4) is 0 Å². The molecule has 1 heterocycles. The van der Waals surface area contributed by atoms with Crippen molar-refractivity contribution in [3.8, 4) is 5.75 Å². The van der Waals surface area contributed by atoms with E-state index in [1.54, 1.807) is 10.7 Å². The monoisotopic (exact) mass is 392 g/mol. The molecule has 8 heteroatoms. The van der Waals surface area contributed by atoms with Gasteiger partial charge < -0.3 is 4.74 Å². The molecular weight excluding hydrogens is 380 g/mol. The van der Waals surface area contributed by atoms with Crippen LogP contribution < -0.4 is 4.74 Å². The first-order valence-electron chi connectivity index (χ1n) is 6.20. The maximum Gasteiger partial charge on any atom is 0.261 e. The molecule has 0 radical (unpaired) electrons. The van der Waals surface area contributed by atoms with Gasteiger partial charge >= 0.3 is 0 Å². The van der Waals surface area contributed by atoms with E-state index in [0.717, 1.165) is 17.8 Å². The SMILES string of the molecule is CCc1cc(COc2ccc(S(=O)(=O)Cl)cc2Br)n(C)n1. The molecule has 0 fully saturated rings. The number of nitrogens with zero attached hydrogens (tertiary/aromatic N) is 2. The summed E-state index contributed by atoms with van der Waals surface area (Å²) < 4.78 is 30.5. The molecule has 1 aromatic carbocycles. The summed E-state index contributed by atoms with van der Waals surface area (Å²) in [6, 6.07) is 6.36. The van der Waals surface area contributed by atoms with E-state index in [4.69, 9.17) is 15.4 Å². The molecule has 0 aliphatic heterocycles. The van der Waals surface area contributed by atoms with Gasteiger partial charge in [0.15, 0.2) is 0 Å². The van der Waals surface area contributed by atoms with Crippen LogP contribution in [0.4, 0.5) is 0 Å². The smallest absolute Gasteiger partial charge is 0.261 e. The predicted octanol–water partition coefficient (Wildman–Crippen LogP) is 3.25. The highest BCUT2D eigenvalue weighted by molar-refractivity contribution is 9.10. The largest absolute Gasteiger partial charge is 0.486 e. The van der Waals surface area contributed by atoms with Crippen molar-refractivity contribution < 1.29 is 13.2 Å². The topological polar surface area (TPSA) is 61.2 Å². The summed E-state index contributed by atoms with van der Waals surface area (Å²) in [5, 5.41) is 4.34.